The highest BCUT2D eigenvalue weighted by Crippen LogP contribution is 2.19. The summed E-state index contributed by atoms with van der Waals surface area (Å²) < 4.78 is 0. The van der Waals surface area contributed by atoms with Crippen LogP contribution in [0.15, 0.2) is 29.3 Å². The summed E-state index contributed by atoms with van der Waals surface area (Å²) in [6, 6.07) is 9.54. The minimum absolute atomic E-state index is 0.301. The summed E-state index contributed by atoms with van der Waals surface area (Å²) in [6.07, 6.45) is 0. The van der Waals surface area contributed by atoms with Gasteiger partial charge in [0.05, 0.1) is 12.6 Å². The minimum Gasteiger partial charge on any atom is -0.371 e. The average molecular weight is 220 g/mol. The van der Waals surface area contributed by atoms with Crippen LogP contribution >= 0.6 is 11.6 Å². The fraction of sp³-hybridized carbons (Fsp3) is 0.273. The van der Waals surface area contributed by atoms with Crippen LogP contribution in [0, 0.1) is 11.3 Å². The molecule has 0 spiro atoms. The van der Waals surface area contributed by atoms with Gasteiger partial charge in [0.15, 0.2) is 0 Å². The van der Waals surface area contributed by atoms with E-state index in [0.29, 0.717) is 5.02 Å². The number of halogens is 1. The van der Waals surface area contributed by atoms with E-state index in [1.54, 1.807) is 12.1 Å². The lowest BCUT2D eigenvalue weighted by molar-refractivity contribution is 0.944. The van der Waals surface area contributed by atoms with Gasteiger partial charge in [-0.15, -0.1) is 0 Å². The Morgan fingerprint density at radius 2 is 2.13 bits per heavy atom. The first-order chi connectivity index (χ1) is 7.31. The second-order valence-electron chi connectivity index (χ2n) is 3.31. The maximum atomic E-state index is 9.11. The van der Waals surface area contributed by atoms with Crippen LogP contribution in [0.2, 0.25) is 5.02 Å². The number of amidine groups is 1. The van der Waals surface area contributed by atoms with E-state index in [9.17, 15) is 0 Å². The maximum Gasteiger partial charge on any atom is 0.128 e. The zero-order chi connectivity index (χ0) is 10.7. The molecule has 1 aromatic carbocycles. The molecule has 0 aromatic heterocycles. The molecule has 0 aliphatic carbocycles. The number of nitriles is 1. The molecule has 3 nitrogen and oxygen atoms in total. The lowest BCUT2D eigenvalue weighted by Crippen LogP contribution is -2.24. The van der Waals surface area contributed by atoms with E-state index in [0.717, 1.165) is 24.5 Å². The van der Waals surface area contributed by atoms with Crippen molar-refractivity contribution in [1.29, 1.82) is 5.26 Å². The van der Waals surface area contributed by atoms with Crippen molar-refractivity contribution in [2.75, 3.05) is 13.1 Å². The Kier molecular flexibility index (Phi) is 2.89. The summed E-state index contributed by atoms with van der Waals surface area (Å²) in [6.45, 7) is 1.57. The van der Waals surface area contributed by atoms with Crippen molar-refractivity contribution in [2.45, 2.75) is 5.92 Å². The van der Waals surface area contributed by atoms with Gasteiger partial charge in [0.25, 0.3) is 0 Å². The van der Waals surface area contributed by atoms with Gasteiger partial charge in [0.2, 0.25) is 0 Å². The van der Waals surface area contributed by atoms with Crippen LogP contribution in [0.4, 0.5) is 0 Å². The van der Waals surface area contributed by atoms with Crippen LogP contribution < -0.4 is 5.32 Å². The molecule has 0 saturated carbocycles. The number of rotatable bonds is 2. The van der Waals surface area contributed by atoms with Gasteiger partial charge in [-0.1, -0.05) is 23.7 Å². The number of benzene rings is 1. The summed E-state index contributed by atoms with van der Waals surface area (Å²) in [5.74, 6) is 0.463. The predicted octanol–water partition coefficient (Wildman–Crippen LogP) is 1.95. The molecule has 0 fully saturated rings. The fourth-order valence-corrected chi connectivity index (χ4v) is 1.68. The Bertz CT molecular complexity index is 416. The van der Waals surface area contributed by atoms with Crippen LogP contribution in [-0.4, -0.2) is 18.9 Å². The molecular weight excluding hydrogens is 210 g/mol. The lowest BCUT2D eigenvalue weighted by atomic mass is 10.00. The predicted molar refractivity (Wildman–Crippen MR) is 60.1 cm³/mol. The molecule has 1 N–H and O–H groups in total. The van der Waals surface area contributed by atoms with Crippen molar-refractivity contribution in [3.63, 3.8) is 0 Å². The Balaban J connectivity index is 2.27. The van der Waals surface area contributed by atoms with Gasteiger partial charge in [-0.25, -0.2) is 0 Å². The van der Waals surface area contributed by atoms with Crippen molar-refractivity contribution < 1.29 is 0 Å². The van der Waals surface area contributed by atoms with E-state index in [1.807, 2.05) is 12.1 Å². The third kappa shape index (κ3) is 2.11. The molecule has 1 unspecified atom stereocenters. The first kappa shape index (κ1) is 10.0. The van der Waals surface area contributed by atoms with Crippen molar-refractivity contribution in [3.8, 4) is 6.07 Å². The summed E-state index contributed by atoms with van der Waals surface area (Å²) in [5, 5.41) is 12.9. The van der Waals surface area contributed by atoms with E-state index in [1.165, 1.54) is 0 Å². The van der Waals surface area contributed by atoms with Gasteiger partial charge in [-0.3, -0.25) is 4.99 Å². The number of aliphatic imine (C=N–C) groups is 1. The van der Waals surface area contributed by atoms with E-state index in [-0.39, 0.29) is 5.92 Å². The molecule has 2 rings (SSSR count). The highest BCUT2D eigenvalue weighted by molar-refractivity contribution is 6.30. The van der Waals surface area contributed by atoms with E-state index in [2.05, 4.69) is 16.4 Å². The van der Waals surface area contributed by atoms with Crippen LogP contribution in [-0.2, 0) is 0 Å². The Hall–Kier alpha value is -1.53. The molecule has 76 valence electrons. The van der Waals surface area contributed by atoms with Crippen molar-refractivity contribution in [3.05, 3.63) is 34.9 Å². The third-order valence-corrected chi connectivity index (χ3v) is 2.56. The van der Waals surface area contributed by atoms with Crippen LogP contribution in [0.5, 0.6) is 0 Å². The van der Waals surface area contributed by atoms with E-state index >= 15 is 0 Å². The van der Waals surface area contributed by atoms with Gasteiger partial charge in [0.1, 0.15) is 11.8 Å². The molecule has 4 heteroatoms. The van der Waals surface area contributed by atoms with E-state index < -0.39 is 0 Å². The molecular formula is C11H10ClN3. The average Bonchev–Trinajstić information content (AvgIpc) is 2.75. The normalized spacial score (nSPS) is 16.4. The summed E-state index contributed by atoms with van der Waals surface area (Å²) in [7, 11) is 0. The number of hydrogen-bond donors (Lipinski definition) is 1. The molecule has 1 aliphatic heterocycles. The quantitative estimate of drug-likeness (QED) is 0.827. The van der Waals surface area contributed by atoms with Crippen molar-refractivity contribution >= 4 is 17.4 Å². The summed E-state index contributed by atoms with van der Waals surface area (Å²) in [5.41, 5.74) is 0.926. The second-order valence-corrected chi connectivity index (χ2v) is 3.74. The van der Waals surface area contributed by atoms with Gasteiger partial charge in [-0.05, 0) is 17.7 Å². The summed E-state index contributed by atoms with van der Waals surface area (Å²) in [4.78, 5) is 4.26. The standard InChI is InChI=1S/C11H10ClN3/c12-9-3-1-8(2-4-9)10(7-13)11-14-5-6-15-11/h1-4,10H,5-6H2,(H,14,15). The van der Waals surface area contributed by atoms with E-state index in [4.69, 9.17) is 16.9 Å². The Morgan fingerprint density at radius 3 is 2.67 bits per heavy atom. The maximum absolute atomic E-state index is 9.11. The molecule has 0 radical (unpaired) electrons. The molecule has 1 heterocycles. The number of nitrogens with one attached hydrogen (secondary N) is 1. The largest absolute Gasteiger partial charge is 0.371 e. The van der Waals surface area contributed by atoms with Gasteiger partial charge in [0, 0.05) is 11.6 Å². The zero-order valence-corrected chi connectivity index (χ0v) is 8.83. The lowest BCUT2D eigenvalue weighted by Gasteiger charge is -2.09. The van der Waals surface area contributed by atoms with Gasteiger partial charge in [-0.2, -0.15) is 5.26 Å². The molecule has 15 heavy (non-hydrogen) atoms. The monoisotopic (exact) mass is 219 g/mol. The van der Waals surface area contributed by atoms with Crippen molar-refractivity contribution in [2.24, 2.45) is 4.99 Å². The molecule has 1 aliphatic rings. The highest BCUT2D eigenvalue weighted by Gasteiger charge is 2.19. The molecule has 0 bridgehead atoms. The van der Waals surface area contributed by atoms with Gasteiger partial charge < -0.3 is 5.32 Å². The van der Waals surface area contributed by atoms with Crippen LogP contribution in [0.1, 0.15) is 11.5 Å². The second kappa shape index (κ2) is 4.33. The minimum atomic E-state index is -0.301. The van der Waals surface area contributed by atoms with Crippen LogP contribution in [0.25, 0.3) is 0 Å². The fourth-order valence-electron chi connectivity index (χ4n) is 1.56. The number of nitrogens with zero attached hydrogens (tertiary/aromatic N) is 2. The topological polar surface area (TPSA) is 48.2 Å². The smallest absolute Gasteiger partial charge is 0.128 e. The van der Waals surface area contributed by atoms with Gasteiger partial charge >= 0.3 is 0 Å². The molecule has 1 aromatic rings. The highest BCUT2D eigenvalue weighted by atomic mass is 35.5. The van der Waals surface area contributed by atoms with Crippen LogP contribution in [0.3, 0.4) is 0 Å². The first-order valence-corrected chi connectivity index (χ1v) is 5.12. The SMILES string of the molecule is N#CC(C1=NCCN1)c1ccc(Cl)cc1. The Labute approximate surface area is 93.4 Å². The Morgan fingerprint density at radius 1 is 1.40 bits per heavy atom. The molecule has 0 amide bonds. The summed E-state index contributed by atoms with van der Waals surface area (Å²) >= 11 is 5.79. The number of hydrogen-bond acceptors (Lipinski definition) is 3. The zero-order valence-electron chi connectivity index (χ0n) is 8.07. The third-order valence-electron chi connectivity index (χ3n) is 2.31. The molecule has 1 atom stereocenters. The first-order valence-electron chi connectivity index (χ1n) is 4.74. The van der Waals surface area contributed by atoms with Crippen molar-refractivity contribution in [1.82, 2.24) is 5.32 Å². The molecule has 0 saturated heterocycles.